The van der Waals surface area contributed by atoms with E-state index in [0.29, 0.717) is 5.92 Å². The zero-order valence-corrected chi connectivity index (χ0v) is 9.32. The third kappa shape index (κ3) is 1.63. The zero-order valence-electron chi connectivity index (χ0n) is 11.3. The maximum atomic E-state index is 7.43. The quantitative estimate of drug-likeness (QED) is 0.776. The van der Waals surface area contributed by atoms with E-state index in [1.807, 2.05) is 4.90 Å². The maximum absolute atomic E-state index is 7.43. The lowest BCUT2D eigenvalue weighted by molar-refractivity contribution is 0.256. The average Bonchev–Trinajstić information content (AvgIpc) is 2.82. The lowest BCUT2D eigenvalue weighted by Gasteiger charge is -2.28. The topological polar surface area (TPSA) is 19.0 Å². The minimum absolute atomic E-state index is 0.566. The minimum Gasteiger partial charge on any atom is -0.361 e. The van der Waals surface area contributed by atoms with Gasteiger partial charge in [0.1, 0.15) is 0 Å². The highest BCUT2D eigenvalue weighted by molar-refractivity contribution is 5.83. The van der Waals surface area contributed by atoms with Crippen LogP contribution in [0.15, 0.2) is 30.5 Å². The van der Waals surface area contributed by atoms with Crippen LogP contribution in [0.5, 0.6) is 0 Å². The first-order valence-corrected chi connectivity index (χ1v) is 5.90. The summed E-state index contributed by atoms with van der Waals surface area (Å²) in [5, 5.41) is 1.32. The van der Waals surface area contributed by atoms with Gasteiger partial charge in [0.2, 0.25) is 0 Å². The Bertz CT molecular complexity index is 527. The van der Waals surface area contributed by atoms with Crippen LogP contribution in [0.4, 0.5) is 0 Å². The summed E-state index contributed by atoms with van der Waals surface area (Å²) in [4.78, 5) is 5.25. The number of hydrogen-bond donors (Lipinski definition) is 1. The van der Waals surface area contributed by atoms with Crippen molar-refractivity contribution in [1.29, 1.82) is 0 Å². The number of para-hydroxylation sites is 1. The molecule has 2 aromatic rings. The van der Waals surface area contributed by atoms with Crippen molar-refractivity contribution in [2.75, 3.05) is 20.1 Å². The van der Waals surface area contributed by atoms with Gasteiger partial charge in [-0.05, 0) is 50.5 Å². The molecular formula is C14H18N2. The van der Waals surface area contributed by atoms with Gasteiger partial charge in [0.05, 0.1) is 0 Å². The highest BCUT2D eigenvalue weighted by Gasteiger charge is 2.20. The number of aromatic amines is 1. The second kappa shape index (κ2) is 3.95. The molecule has 0 spiro atoms. The van der Waals surface area contributed by atoms with Gasteiger partial charge >= 0.3 is 0 Å². The van der Waals surface area contributed by atoms with Gasteiger partial charge in [-0.1, -0.05) is 18.2 Å². The first kappa shape index (κ1) is 7.91. The maximum Gasteiger partial charge on any atom is 0.0456 e. The molecule has 1 fully saturated rings. The Kier molecular flexibility index (Phi) is 1.95. The molecule has 3 rings (SSSR count). The molecule has 1 N–H and O–H groups in total. The number of H-pyrrole nitrogens is 1. The van der Waals surface area contributed by atoms with Crippen molar-refractivity contribution in [2.24, 2.45) is 0 Å². The standard InChI is InChI=1S/C14H18N2/c1-16-8-6-11(7-9-16)13-10-15-14-5-3-2-4-12(13)14/h2-5,10-11,15H,6-9H2,1H3/i1D2. The summed E-state index contributed by atoms with van der Waals surface area (Å²) in [6.45, 7) is 0.915. The van der Waals surface area contributed by atoms with E-state index in [-0.39, 0.29) is 0 Å². The lowest BCUT2D eigenvalue weighted by Crippen LogP contribution is -2.29. The molecule has 0 saturated carbocycles. The van der Waals surface area contributed by atoms with Crippen LogP contribution in [0.1, 0.15) is 27.1 Å². The molecule has 1 saturated heterocycles. The van der Waals surface area contributed by atoms with E-state index in [2.05, 4.69) is 35.4 Å². The summed E-state index contributed by atoms with van der Waals surface area (Å²) < 4.78 is 14.9. The average molecular weight is 216 g/mol. The molecule has 0 unspecified atom stereocenters. The van der Waals surface area contributed by atoms with E-state index in [0.717, 1.165) is 25.9 Å². The minimum atomic E-state index is -0.811. The summed E-state index contributed by atoms with van der Waals surface area (Å²) in [6.07, 6.45) is 4.23. The van der Waals surface area contributed by atoms with Crippen molar-refractivity contribution >= 4 is 10.9 Å². The molecule has 0 amide bonds. The summed E-state index contributed by atoms with van der Waals surface area (Å²) in [6, 6.07) is 8.41. The monoisotopic (exact) mass is 216 g/mol. The molecule has 0 atom stereocenters. The highest BCUT2D eigenvalue weighted by Crippen LogP contribution is 2.32. The molecule has 2 heterocycles. The second-order valence-electron chi connectivity index (χ2n) is 4.60. The predicted octanol–water partition coefficient (Wildman–Crippen LogP) is 2.98. The number of fused-ring (bicyclic) bond motifs is 1. The Hall–Kier alpha value is -1.28. The van der Waals surface area contributed by atoms with Crippen molar-refractivity contribution in [3.05, 3.63) is 36.0 Å². The molecular weight excluding hydrogens is 196 g/mol. The van der Waals surface area contributed by atoms with E-state index < -0.39 is 7.00 Å². The fraction of sp³-hybridized carbons (Fsp3) is 0.429. The number of aromatic nitrogens is 1. The fourth-order valence-corrected chi connectivity index (χ4v) is 2.64. The fourth-order valence-electron chi connectivity index (χ4n) is 2.64. The van der Waals surface area contributed by atoms with Gasteiger partial charge in [0.15, 0.2) is 0 Å². The van der Waals surface area contributed by atoms with Crippen LogP contribution < -0.4 is 0 Å². The van der Waals surface area contributed by atoms with Crippen molar-refractivity contribution in [1.82, 2.24) is 9.88 Å². The van der Waals surface area contributed by atoms with Gasteiger partial charge in [-0.3, -0.25) is 0 Å². The number of hydrogen-bond acceptors (Lipinski definition) is 1. The first-order valence-electron chi connectivity index (χ1n) is 7.06. The SMILES string of the molecule is [2H]C([2H])N1CCC(c2c[nH]c3ccccc23)CC1. The number of likely N-dealkylation sites (tertiary alicyclic amines) is 1. The smallest absolute Gasteiger partial charge is 0.0456 e. The predicted molar refractivity (Wildman–Crippen MR) is 67.8 cm³/mol. The molecule has 1 aromatic carbocycles. The van der Waals surface area contributed by atoms with E-state index in [9.17, 15) is 0 Å². The van der Waals surface area contributed by atoms with Crippen LogP contribution in [0.2, 0.25) is 0 Å². The summed E-state index contributed by atoms with van der Waals surface area (Å²) in [5.41, 5.74) is 2.60. The molecule has 84 valence electrons. The molecule has 0 radical (unpaired) electrons. The van der Waals surface area contributed by atoms with Crippen molar-refractivity contribution in [3.63, 3.8) is 0 Å². The number of rotatable bonds is 1. The first-order chi connectivity index (χ1) is 8.75. The number of nitrogens with one attached hydrogen (secondary N) is 1. The Labute approximate surface area is 99.1 Å². The van der Waals surface area contributed by atoms with Crippen LogP contribution in [0.3, 0.4) is 0 Å². The van der Waals surface area contributed by atoms with E-state index >= 15 is 0 Å². The van der Waals surface area contributed by atoms with Gasteiger partial charge in [-0.2, -0.15) is 0 Å². The van der Waals surface area contributed by atoms with E-state index in [1.54, 1.807) is 0 Å². The Morgan fingerprint density at radius 1 is 1.31 bits per heavy atom. The van der Waals surface area contributed by atoms with Gasteiger partial charge in [-0.25, -0.2) is 0 Å². The largest absolute Gasteiger partial charge is 0.361 e. The van der Waals surface area contributed by atoms with Crippen LogP contribution in [-0.2, 0) is 0 Å². The second-order valence-corrected chi connectivity index (χ2v) is 4.60. The van der Waals surface area contributed by atoms with Gasteiger partial charge in [0.25, 0.3) is 0 Å². The molecule has 16 heavy (non-hydrogen) atoms. The molecule has 0 aliphatic carbocycles. The van der Waals surface area contributed by atoms with E-state index in [1.165, 1.54) is 16.5 Å². The summed E-state index contributed by atoms with van der Waals surface area (Å²) in [7, 11) is 0. The van der Waals surface area contributed by atoms with Gasteiger partial charge in [-0.15, -0.1) is 0 Å². The highest BCUT2D eigenvalue weighted by atomic mass is 15.1. The Morgan fingerprint density at radius 3 is 2.94 bits per heavy atom. The third-order valence-corrected chi connectivity index (χ3v) is 3.59. The molecule has 2 nitrogen and oxygen atoms in total. The summed E-state index contributed by atoms with van der Waals surface area (Å²) >= 11 is 0. The van der Waals surface area contributed by atoms with Crippen molar-refractivity contribution in [2.45, 2.75) is 18.8 Å². The summed E-state index contributed by atoms with van der Waals surface area (Å²) in [5.74, 6) is 0.566. The molecule has 1 aliphatic heterocycles. The van der Waals surface area contributed by atoms with Crippen molar-refractivity contribution in [3.8, 4) is 0 Å². The van der Waals surface area contributed by atoms with Crippen molar-refractivity contribution < 1.29 is 2.74 Å². The third-order valence-electron chi connectivity index (χ3n) is 3.59. The van der Waals surface area contributed by atoms with E-state index in [4.69, 9.17) is 2.74 Å². The van der Waals surface area contributed by atoms with Gasteiger partial charge < -0.3 is 9.88 Å². The van der Waals surface area contributed by atoms with Crippen LogP contribution >= 0.6 is 0 Å². The zero-order chi connectivity index (χ0) is 12.5. The Balaban J connectivity index is 1.80. The number of piperidine rings is 1. The normalized spacial score (nSPS) is 21.3. The van der Waals surface area contributed by atoms with Crippen LogP contribution in [0, 0.1) is 0 Å². The van der Waals surface area contributed by atoms with Gasteiger partial charge in [0, 0.05) is 19.8 Å². The van der Waals surface area contributed by atoms with Crippen LogP contribution in [-0.4, -0.2) is 30.0 Å². The molecule has 0 bridgehead atoms. The van der Waals surface area contributed by atoms with Crippen LogP contribution in [0.25, 0.3) is 10.9 Å². The number of benzene rings is 1. The molecule has 2 heteroatoms. The molecule has 1 aromatic heterocycles. The lowest BCUT2D eigenvalue weighted by atomic mass is 9.89. The molecule has 1 aliphatic rings. The number of nitrogens with zero attached hydrogens (tertiary/aromatic N) is 1. The Morgan fingerprint density at radius 2 is 2.12 bits per heavy atom.